The molecule has 1 aliphatic heterocycles. The summed E-state index contributed by atoms with van der Waals surface area (Å²) in [5, 5.41) is 3.88. The van der Waals surface area contributed by atoms with Crippen LogP contribution in [0.25, 0.3) is 0 Å². The third kappa shape index (κ3) is 5.27. The van der Waals surface area contributed by atoms with E-state index in [0.29, 0.717) is 22.2 Å². The predicted octanol–water partition coefficient (Wildman–Crippen LogP) is 3.66. The summed E-state index contributed by atoms with van der Waals surface area (Å²) in [6, 6.07) is 5.71. The molecule has 1 aromatic rings. The van der Waals surface area contributed by atoms with E-state index in [2.05, 4.69) is 23.9 Å². The zero-order valence-corrected chi connectivity index (χ0v) is 14.8. The molecule has 2 rings (SSSR count). The molecule has 4 nitrogen and oxygen atoms in total. The highest BCUT2D eigenvalue weighted by Gasteiger charge is 2.28. The van der Waals surface area contributed by atoms with Gasteiger partial charge in [-0.3, -0.25) is 4.72 Å². The molecular weight excluding hydrogens is 328 g/mol. The van der Waals surface area contributed by atoms with E-state index in [9.17, 15) is 8.42 Å². The lowest BCUT2D eigenvalue weighted by Crippen LogP contribution is -2.35. The molecule has 7 heteroatoms. The van der Waals surface area contributed by atoms with Crippen molar-refractivity contribution in [3.8, 4) is 0 Å². The molecule has 118 valence electrons. The van der Waals surface area contributed by atoms with E-state index in [4.69, 9.17) is 11.6 Å². The van der Waals surface area contributed by atoms with Crippen LogP contribution >= 0.6 is 23.4 Å². The molecule has 1 saturated heterocycles. The molecule has 0 aromatic heterocycles. The normalized spacial score (nSPS) is 21.8. The average molecular weight is 349 g/mol. The molecule has 0 saturated carbocycles. The zero-order valence-electron chi connectivity index (χ0n) is 12.4. The lowest BCUT2D eigenvalue weighted by Gasteiger charge is -2.35. The van der Waals surface area contributed by atoms with Crippen LogP contribution in [0.15, 0.2) is 18.2 Å². The first-order valence-electron chi connectivity index (χ1n) is 6.76. The number of hydrogen-bond donors (Lipinski definition) is 2. The Hall–Kier alpha value is -0.590. The summed E-state index contributed by atoms with van der Waals surface area (Å²) < 4.78 is 24.9. The van der Waals surface area contributed by atoms with E-state index in [1.165, 1.54) is 5.75 Å². The Balaban J connectivity index is 2.07. The van der Waals surface area contributed by atoms with Crippen molar-refractivity contribution in [3.63, 3.8) is 0 Å². The maximum atomic E-state index is 11.2. The van der Waals surface area contributed by atoms with E-state index in [-0.39, 0.29) is 0 Å². The third-order valence-corrected chi connectivity index (χ3v) is 5.77. The first kappa shape index (κ1) is 16.8. The van der Waals surface area contributed by atoms with Gasteiger partial charge in [-0.05, 0) is 35.8 Å². The van der Waals surface area contributed by atoms with Gasteiger partial charge in [0.25, 0.3) is 0 Å². The van der Waals surface area contributed by atoms with Crippen LogP contribution in [-0.4, -0.2) is 32.2 Å². The van der Waals surface area contributed by atoms with Gasteiger partial charge in [-0.1, -0.05) is 25.4 Å². The summed E-state index contributed by atoms with van der Waals surface area (Å²) in [4.78, 5) is 0. The molecule has 1 unspecified atom stereocenters. The fraction of sp³-hybridized carbons (Fsp3) is 0.571. The van der Waals surface area contributed by atoms with Gasteiger partial charge in [0.1, 0.15) is 0 Å². The van der Waals surface area contributed by atoms with Crippen molar-refractivity contribution in [1.82, 2.24) is 0 Å². The largest absolute Gasteiger partial charge is 0.381 e. The molecule has 2 N–H and O–H groups in total. The molecule has 21 heavy (non-hydrogen) atoms. The third-order valence-electron chi connectivity index (χ3n) is 3.25. The Kier molecular flexibility index (Phi) is 5.00. The van der Waals surface area contributed by atoms with Crippen molar-refractivity contribution in [2.45, 2.75) is 26.3 Å². The maximum Gasteiger partial charge on any atom is 0.229 e. The molecule has 0 bridgehead atoms. The molecule has 0 radical (unpaired) electrons. The van der Waals surface area contributed by atoms with Gasteiger partial charge in [-0.25, -0.2) is 8.42 Å². The number of hydrogen-bond acceptors (Lipinski definition) is 4. The minimum atomic E-state index is -3.31. The van der Waals surface area contributed by atoms with Gasteiger partial charge >= 0.3 is 0 Å². The van der Waals surface area contributed by atoms with Gasteiger partial charge in [0, 0.05) is 17.5 Å². The standard InChI is InChI=1S/C14H21ClN2O2S2/c1-14(2)7-11(8-20-9-14)16-10-4-5-13(12(15)6-10)17-21(3,18)19/h4-6,11,16-17H,7-9H2,1-3H3. The van der Waals surface area contributed by atoms with Gasteiger partial charge in [0.05, 0.1) is 17.0 Å². The zero-order chi connectivity index (χ0) is 15.7. The first-order chi connectivity index (χ1) is 9.65. The predicted molar refractivity (Wildman–Crippen MR) is 93.1 cm³/mol. The van der Waals surface area contributed by atoms with E-state index in [0.717, 1.165) is 24.1 Å². The lowest BCUT2D eigenvalue weighted by atomic mass is 9.88. The van der Waals surface area contributed by atoms with Crippen molar-refractivity contribution in [3.05, 3.63) is 23.2 Å². The Labute approximate surface area is 136 Å². The summed E-state index contributed by atoms with van der Waals surface area (Å²) in [5.41, 5.74) is 1.66. The van der Waals surface area contributed by atoms with Crippen LogP contribution in [0.5, 0.6) is 0 Å². The van der Waals surface area contributed by atoms with Gasteiger partial charge in [0.2, 0.25) is 10.0 Å². The SMILES string of the molecule is CC1(C)CSCC(Nc2ccc(NS(C)(=O)=O)c(Cl)c2)C1. The van der Waals surface area contributed by atoms with Crippen molar-refractivity contribution < 1.29 is 8.42 Å². The number of halogens is 1. The highest BCUT2D eigenvalue weighted by atomic mass is 35.5. The van der Waals surface area contributed by atoms with Crippen LogP contribution in [0.1, 0.15) is 20.3 Å². The Bertz CT molecular complexity index is 617. The highest BCUT2D eigenvalue weighted by molar-refractivity contribution is 7.99. The fourth-order valence-electron chi connectivity index (χ4n) is 2.48. The summed E-state index contributed by atoms with van der Waals surface area (Å²) in [5.74, 6) is 2.26. The van der Waals surface area contributed by atoms with Gasteiger partial charge in [0.15, 0.2) is 0 Å². The van der Waals surface area contributed by atoms with Crippen molar-refractivity contribution in [2.24, 2.45) is 5.41 Å². The van der Waals surface area contributed by atoms with Crippen LogP contribution in [0.3, 0.4) is 0 Å². The monoisotopic (exact) mass is 348 g/mol. The molecule has 0 aliphatic carbocycles. The maximum absolute atomic E-state index is 11.2. The highest BCUT2D eigenvalue weighted by Crippen LogP contribution is 2.35. The van der Waals surface area contributed by atoms with Crippen molar-refractivity contribution in [1.29, 1.82) is 0 Å². The molecule has 1 atom stereocenters. The lowest BCUT2D eigenvalue weighted by molar-refractivity contribution is 0.358. The molecule has 0 spiro atoms. The molecular formula is C14H21ClN2O2S2. The molecule has 1 heterocycles. The number of benzene rings is 1. The summed E-state index contributed by atoms with van der Waals surface area (Å²) in [6.45, 7) is 4.56. The minimum absolute atomic E-state index is 0.335. The van der Waals surface area contributed by atoms with Crippen LogP contribution < -0.4 is 10.0 Å². The summed E-state index contributed by atoms with van der Waals surface area (Å²) >= 11 is 8.09. The molecule has 1 aliphatic rings. The number of sulfonamides is 1. The first-order valence-corrected chi connectivity index (χ1v) is 10.2. The number of thioether (sulfide) groups is 1. The fourth-order valence-corrected chi connectivity index (χ4v) is 4.61. The van der Waals surface area contributed by atoms with Crippen LogP contribution in [0.4, 0.5) is 11.4 Å². The second kappa shape index (κ2) is 6.26. The molecule has 1 aromatic carbocycles. The van der Waals surface area contributed by atoms with E-state index >= 15 is 0 Å². The smallest absolute Gasteiger partial charge is 0.229 e. The topological polar surface area (TPSA) is 58.2 Å². The van der Waals surface area contributed by atoms with Crippen molar-refractivity contribution >= 4 is 44.8 Å². The minimum Gasteiger partial charge on any atom is -0.381 e. The van der Waals surface area contributed by atoms with Gasteiger partial charge in [-0.15, -0.1) is 0 Å². The van der Waals surface area contributed by atoms with Gasteiger partial charge < -0.3 is 5.32 Å². The Morgan fingerprint density at radius 3 is 2.67 bits per heavy atom. The second-order valence-electron chi connectivity index (χ2n) is 6.29. The summed E-state index contributed by atoms with van der Waals surface area (Å²) in [7, 11) is -3.31. The van der Waals surface area contributed by atoms with E-state index in [1.807, 2.05) is 17.8 Å². The average Bonchev–Trinajstić information content (AvgIpc) is 2.30. The molecule has 0 amide bonds. The number of nitrogens with one attached hydrogen (secondary N) is 2. The quantitative estimate of drug-likeness (QED) is 0.871. The Morgan fingerprint density at radius 1 is 1.38 bits per heavy atom. The van der Waals surface area contributed by atoms with Crippen LogP contribution in [-0.2, 0) is 10.0 Å². The number of anilines is 2. The number of rotatable bonds is 4. The van der Waals surface area contributed by atoms with E-state index in [1.54, 1.807) is 12.1 Å². The van der Waals surface area contributed by atoms with Crippen LogP contribution in [0.2, 0.25) is 5.02 Å². The van der Waals surface area contributed by atoms with Gasteiger partial charge in [-0.2, -0.15) is 11.8 Å². The summed E-state index contributed by atoms with van der Waals surface area (Å²) in [6.07, 6.45) is 2.22. The van der Waals surface area contributed by atoms with Crippen LogP contribution in [0, 0.1) is 5.41 Å². The Morgan fingerprint density at radius 2 is 2.10 bits per heavy atom. The second-order valence-corrected chi connectivity index (χ2v) is 9.48. The van der Waals surface area contributed by atoms with E-state index < -0.39 is 10.0 Å². The molecule has 1 fully saturated rings. The van der Waals surface area contributed by atoms with Crippen molar-refractivity contribution in [2.75, 3.05) is 27.8 Å².